The minimum absolute atomic E-state index is 0.0804. The summed E-state index contributed by atoms with van der Waals surface area (Å²) in [5, 5.41) is 9.42. The Labute approximate surface area is 134 Å². The van der Waals surface area contributed by atoms with E-state index in [1.165, 1.54) is 4.88 Å². The monoisotopic (exact) mass is 318 g/mol. The van der Waals surface area contributed by atoms with Crippen molar-refractivity contribution in [1.29, 1.82) is 0 Å². The molecule has 1 amide bonds. The molecule has 3 heterocycles. The second-order valence-corrected chi connectivity index (χ2v) is 7.09. The highest BCUT2D eigenvalue weighted by Gasteiger charge is 2.32. The van der Waals surface area contributed by atoms with E-state index in [2.05, 4.69) is 39.9 Å². The first-order chi connectivity index (χ1) is 10.5. The van der Waals surface area contributed by atoms with Crippen molar-refractivity contribution in [3.05, 3.63) is 39.8 Å². The molecule has 1 aliphatic heterocycles. The third-order valence-corrected chi connectivity index (χ3v) is 5.41. The average molecular weight is 318 g/mol. The molecule has 0 aromatic carbocycles. The van der Waals surface area contributed by atoms with Gasteiger partial charge in [-0.15, -0.1) is 11.3 Å². The molecule has 0 spiro atoms. The van der Waals surface area contributed by atoms with Gasteiger partial charge in [0, 0.05) is 43.2 Å². The zero-order valence-electron chi connectivity index (χ0n) is 13.2. The number of likely N-dealkylation sites (N-methyl/N-ethyl adjacent to an activating group) is 1. The van der Waals surface area contributed by atoms with E-state index >= 15 is 0 Å². The van der Waals surface area contributed by atoms with Crippen LogP contribution < -0.4 is 5.32 Å². The summed E-state index contributed by atoms with van der Waals surface area (Å²) in [5.74, 6) is 0.886. The second-order valence-electron chi connectivity index (χ2n) is 6.11. The molecule has 1 N–H and O–H groups in total. The number of nitrogens with zero attached hydrogens (tertiary/aromatic N) is 3. The van der Waals surface area contributed by atoms with Crippen LogP contribution in [-0.4, -0.2) is 47.3 Å². The number of carbonyl (C=O) groups is 1. The van der Waals surface area contributed by atoms with Gasteiger partial charge in [0.2, 0.25) is 0 Å². The van der Waals surface area contributed by atoms with E-state index in [0.29, 0.717) is 24.1 Å². The summed E-state index contributed by atoms with van der Waals surface area (Å²) in [4.78, 5) is 16.0. The standard InChI is InChI=1S/C16H22N4OS/c1-11-7-14(18-20(11)3)16(21)17-8-12-9-19(2)10-13(12)15-5-4-6-22-15/h4-7,12-13H,8-10H2,1-3H3,(H,17,21)/t12-,13+/m0/s1. The molecule has 0 unspecified atom stereocenters. The molecule has 22 heavy (non-hydrogen) atoms. The molecule has 1 fully saturated rings. The molecule has 1 aliphatic rings. The number of rotatable bonds is 4. The number of aromatic nitrogens is 2. The lowest BCUT2D eigenvalue weighted by molar-refractivity contribution is 0.0941. The van der Waals surface area contributed by atoms with Crippen LogP contribution >= 0.6 is 11.3 Å². The summed E-state index contributed by atoms with van der Waals surface area (Å²) in [5.41, 5.74) is 1.49. The fourth-order valence-corrected chi connectivity index (χ4v) is 4.02. The van der Waals surface area contributed by atoms with Gasteiger partial charge in [-0.05, 0) is 37.4 Å². The second kappa shape index (κ2) is 6.22. The first-order valence-corrected chi connectivity index (χ1v) is 8.43. The number of nitrogens with one attached hydrogen (secondary N) is 1. The van der Waals surface area contributed by atoms with Gasteiger partial charge in [-0.1, -0.05) is 6.07 Å². The van der Waals surface area contributed by atoms with Crippen molar-refractivity contribution >= 4 is 17.2 Å². The molecule has 2 atom stereocenters. The number of hydrogen-bond donors (Lipinski definition) is 1. The third-order valence-electron chi connectivity index (χ3n) is 4.40. The van der Waals surface area contributed by atoms with Crippen LogP contribution in [0.25, 0.3) is 0 Å². The number of hydrogen-bond acceptors (Lipinski definition) is 4. The topological polar surface area (TPSA) is 50.2 Å². The molecule has 1 saturated heterocycles. The van der Waals surface area contributed by atoms with E-state index in [1.807, 2.05) is 20.0 Å². The molecule has 118 valence electrons. The minimum Gasteiger partial charge on any atom is -0.350 e. The largest absolute Gasteiger partial charge is 0.350 e. The Balaban J connectivity index is 1.63. The summed E-state index contributed by atoms with van der Waals surface area (Å²) in [6.45, 7) is 4.72. The molecular weight excluding hydrogens is 296 g/mol. The predicted octanol–water partition coefficient (Wildman–Crippen LogP) is 1.87. The maximum Gasteiger partial charge on any atom is 0.271 e. The Morgan fingerprint density at radius 3 is 2.91 bits per heavy atom. The first kappa shape index (κ1) is 15.2. The van der Waals surface area contributed by atoms with Crippen molar-refractivity contribution in [2.24, 2.45) is 13.0 Å². The van der Waals surface area contributed by atoms with Crippen LogP contribution in [0.5, 0.6) is 0 Å². The van der Waals surface area contributed by atoms with E-state index in [-0.39, 0.29) is 5.91 Å². The molecule has 3 rings (SSSR count). The maximum absolute atomic E-state index is 12.2. The molecule has 6 heteroatoms. The zero-order chi connectivity index (χ0) is 15.7. The van der Waals surface area contributed by atoms with Crippen LogP contribution in [0, 0.1) is 12.8 Å². The van der Waals surface area contributed by atoms with Crippen LogP contribution in [0.2, 0.25) is 0 Å². The lowest BCUT2D eigenvalue weighted by Gasteiger charge is -2.17. The number of amides is 1. The van der Waals surface area contributed by atoms with E-state index in [1.54, 1.807) is 16.0 Å². The Bertz CT molecular complexity index is 630. The quantitative estimate of drug-likeness (QED) is 0.936. The van der Waals surface area contributed by atoms with Crippen molar-refractivity contribution in [2.75, 3.05) is 26.7 Å². The zero-order valence-corrected chi connectivity index (χ0v) is 14.1. The summed E-state index contributed by atoms with van der Waals surface area (Å²) < 4.78 is 1.73. The lowest BCUT2D eigenvalue weighted by Crippen LogP contribution is -2.32. The van der Waals surface area contributed by atoms with Gasteiger partial charge in [0.05, 0.1) is 0 Å². The number of likely N-dealkylation sites (tertiary alicyclic amines) is 1. The molecule has 0 bridgehead atoms. The van der Waals surface area contributed by atoms with Crippen molar-refractivity contribution in [1.82, 2.24) is 20.0 Å². The SMILES string of the molecule is Cc1cc(C(=O)NC[C@H]2CN(C)C[C@H]2c2cccs2)nn1C. The number of aryl methyl sites for hydroxylation is 2. The minimum atomic E-state index is -0.0804. The molecule has 0 saturated carbocycles. The molecule has 0 aliphatic carbocycles. The van der Waals surface area contributed by atoms with Crippen molar-refractivity contribution in [3.63, 3.8) is 0 Å². The first-order valence-electron chi connectivity index (χ1n) is 7.55. The highest BCUT2D eigenvalue weighted by molar-refractivity contribution is 7.10. The van der Waals surface area contributed by atoms with Gasteiger partial charge in [0.1, 0.15) is 5.69 Å². The normalized spacial score (nSPS) is 22.1. The molecule has 0 radical (unpaired) electrons. The summed E-state index contributed by atoms with van der Waals surface area (Å²) in [6.07, 6.45) is 0. The van der Waals surface area contributed by atoms with Crippen LogP contribution in [0.3, 0.4) is 0 Å². The third kappa shape index (κ3) is 3.08. The van der Waals surface area contributed by atoms with Crippen LogP contribution in [0.15, 0.2) is 23.6 Å². The number of carbonyl (C=O) groups excluding carboxylic acids is 1. The number of thiophene rings is 1. The maximum atomic E-state index is 12.2. The predicted molar refractivity (Wildman–Crippen MR) is 88.3 cm³/mol. The summed E-state index contributed by atoms with van der Waals surface area (Å²) >= 11 is 1.81. The van der Waals surface area contributed by atoms with E-state index < -0.39 is 0 Å². The van der Waals surface area contributed by atoms with Crippen LogP contribution in [0.1, 0.15) is 27.0 Å². The smallest absolute Gasteiger partial charge is 0.271 e. The van der Waals surface area contributed by atoms with Crippen LogP contribution in [-0.2, 0) is 7.05 Å². The molecule has 5 nitrogen and oxygen atoms in total. The Morgan fingerprint density at radius 1 is 1.45 bits per heavy atom. The lowest BCUT2D eigenvalue weighted by atomic mass is 9.94. The molecule has 2 aromatic rings. The van der Waals surface area contributed by atoms with E-state index in [0.717, 1.165) is 18.8 Å². The van der Waals surface area contributed by atoms with E-state index in [9.17, 15) is 4.79 Å². The van der Waals surface area contributed by atoms with Gasteiger partial charge < -0.3 is 10.2 Å². The fraction of sp³-hybridized carbons (Fsp3) is 0.500. The average Bonchev–Trinajstić information content (AvgIpc) is 3.18. The van der Waals surface area contributed by atoms with Gasteiger partial charge in [-0.3, -0.25) is 9.48 Å². The van der Waals surface area contributed by atoms with Gasteiger partial charge in [0.25, 0.3) is 5.91 Å². The molecular formula is C16H22N4OS. The Kier molecular flexibility index (Phi) is 4.31. The van der Waals surface area contributed by atoms with Crippen molar-refractivity contribution in [2.45, 2.75) is 12.8 Å². The van der Waals surface area contributed by atoms with Crippen molar-refractivity contribution < 1.29 is 4.79 Å². The fourth-order valence-electron chi connectivity index (χ4n) is 3.10. The Morgan fingerprint density at radius 2 is 2.27 bits per heavy atom. The highest BCUT2D eigenvalue weighted by Crippen LogP contribution is 2.34. The van der Waals surface area contributed by atoms with Crippen molar-refractivity contribution in [3.8, 4) is 0 Å². The summed E-state index contributed by atoms with van der Waals surface area (Å²) in [7, 11) is 4.00. The molecule has 2 aromatic heterocycles. The van der Waals surface area contributed by atoms with E-state index in [4.69, 9.17) is 0 Å². The highest BCUT2D eigenvalue weighted by atomic mass is 32.1. The van der Waals surface area contributed by atoms with Crippen LogP contribution in [0.4, 0.5) is 0 Å². The summed E-state index contributed by atoms with van der Waals surface area (Å²) in [6, 6.07) is 6.13. The Hall–Kier alpha value is -1.66. The van der Waals surface area contributed by atoms with Gasteiger partial charge in [-0.2, -0.15) is 5.10 Å². The van der Waals surface area contributed by atoms with Gasteiger partial charge in [-0.25, -0.2) is 0 Å². The van der Waals surface area contributed by atoms with Gasteiger partial charge >= 0.3 is 0 Å². The van der Waals surface area contributed by atoms with Gasteiger partial charge in [0.15, 0.2) is 0 Å².